The quantitative estimate of drug-likeness (QED) is 0.919. The molecule has 0 radical (unpaired) electrons. The van der Waals surface area contributed by atoms with Crippen molar-refractivity contribution in [3.8, 4) is 11.5 Å². The summed E-state index contributed by atoms with van der Waals surface area (Å²) in [4.78, 5) is 2.65. The van der Waals surface area contributed by atoms with Crippen molar-refractivity contribution in [2.45, 2.75) is 45.6 Å². The van der Waals surface area contributed by atoms with Crippen molar-refractivity contribution in [2.24, 2.45) is 11.8 Å². The van der Waals surface area contributed by atoms with Crippen LogP contribution in [0.3, 0.4) is 0 Å². The van der Waals surface area contributed by atoms with E-state index in [1.165, 1.54) is 36.9 Å². The zero-order valence-corrected chi connectivity index (χ0v) is 13.4. The van der Waals surface area contributed by atoms with Crippen LogP contribution in [0.1, 0.15) is 50.3 Å². The van der Waals surface area contributed by atoms with Gasteiger partial charge in [-0.25, -0.2) is 0 Å². The lowest BCUT2D eigenvalue weighted by Gasteiger charge is -2.44. The molecule has 0 saturated carbocycles. The molecule has 21 heavy (non-hydrogen) atoms. The molecular weight excluding hydrogens is 262 g/mol. The number of nitrogens with zero attached hydrogens (tertiary/aromatic N) is 1. The van der Waals surface area contributed by atoms with Crippen LogP contribution in [0.25, 0.3) is 0 Å². The van der Waals surface area contributed by atoms with E-state index in [-0.39, 0.29) is 5.75 Å². The van der Waals surface area contributed by atoms with Crippen LogP contribution in [0.4, 0.5) is 0 Å². The topological polar surface area (TPSA) is 32.7 Å². The summed E-state index contributed by atoms with van der Waals surface area (Å²) in [6, 6.07) is 4.49. The van der Waals surface area contributed by atoms with Crippen molar-refractivity contribution >= 4 is 0 Å². The molecule has 0 unspecified atom stereocenters. The lowest BCUT2D eigenvalue weighted by Crippen LogP contribution is -2.42. The molecule has 2 aliphatic rings. The van der Waals surface area contributed by atoms with Crippen molar-refractivity contribution in [1.29, 1.82) is 0 Å². The fraction of sp³-hybridized carbons (Fsp3) is 0.667. The Labute approximate surface area is 127 Å². The second kappa shape index (κ2) is 5.88. The maximum absolute atomic E-state index is 9.97. The number of phenols is 1. The number of hydrogen-bond donors (Lipinski definition) is 1. The molecule has 3 rings (SSSR count). The molecule has 2 atom stereocenters. The highest BCUT2D eigenvalue weighted by atomic mass is 16.5. The largest absolute Gasteiger partial charge is 0.504 e. The number of fused-ring (bicyclic) bond motifs is 3. The van der Waals surface area contributed by atoms with Crippen LogP contribution in [-0.2, 0) is 6.42 Å². The van der Waals surface area contributed by atoms with Crippen molar-refractivity contribution in [2.75, 3.05) is 20.2 Å². The minimum Gasteiger partial charge on any atom is -0.504 e. The fourth-order valence-corrected chi connectivity index (χ4v) is 4.17. The van der Waals surface area contributed by atoms with Crippen molar-refractivity contribution in [3.05, 3.63) is 23.3 Å². The molecule has 0 bridgehead atoms. The van der Waals surface area contributed by atoms with Gasteiger partial charge in [0.05, 0.1) is 7.11 Å². The minimum absolute atomic E-state index is 0.276. The molecule has 2 aliphatic heterocycles. The van der Waals surface area contributed by atoms with Gasteiger partial charge < -0.3 is 9.84 Å². The van der Waals surface area contributed by atoms with E-state index >= 15 is 0 Å². The van der Waals surface area contributed by atoms with Gasteiger partial charge in [0.25, 0.3) is 0 Å². The van der Waals surface area contributed by atoms with E-state index in [2.05, 4.69) is 24.8 Å². The Morgan fingerprint density at radius 2 is 2.14 bits per heavy atom. The number of benzene rings is 1. The van der Waals surface area contributed by atoms with Gasteiger partial charge in [0.15, 0.2) is 11.5 Å². The molecule has 116 valence electrons. The van der Waals surface area contributed by atoms with Crippen molar-refractivity contribution in [3.63, 3.8) is 0 Å². The zero-order valence-electron chi connectivity index (χ0n) is 13.4. The highest BCUT2D eigenvalue weighted by Crippen LogP contribution is 2.43. The van der Waals surface area contributed by atoms with Crippen LogP contribution >= 0.6 is 0 Å². The van der Waals surface area contributed by atoms with E-state index in [0.717, 1.165) is 24.8 Å². The number of hydrogen-bond acceptors (Lipinski definition) is 3. The smallest absolute Gasteiger partial charge is 0.160 e. The average Bonchev–Trinajstić information content (AvgIpc) is 2.45. The summed E-state index contributed by atoms with van der Waals surface area (Å²) < 4.78 is 5.30. The van der Waals surface area contributed by atoms with E-state index in [4.69, 9.17) is 4.74 Å². The zero-order chi connectivity index (χ0) is 15.0. The summed E-state index contributed by atoms with van der Waals surface area (Å²) in [6.07, 6.45) is 4.94. The molecule has 1 aromatic carbocycles. The van der Waals surface area contributed by atoms with Gasteiger partial charge in [0.2, 0.25) is 0 Å². The number of rotatable bonds is 3. The van der Waals surface area contributed by atoms with E-state index in [0.29, 0.717) is 11.8 Å². The van der Waals surface area contributed by atoms with Crippen molar-refractivity contribution in [1.82, 2.24) is 4.90 Å². The van der Waals surface area contributed by atoms with Crippen LogP contribution in [0, 0.1) is 11.8 Å². The lowest BCUT2D eigenvalue weighted by molar-refractivity contribution is 0.0894. The Morgan fingerprint density at radius 1 is 1.33 bits per heavy atom. The molecule has 1 N–H and O–H groups in total. The van der Waals surface area contributed by atoms with E-state index < -0.39 is 0 Å². The third kappa shape index (κ3) is 2.89. The molecule has 2 heterocycles. The molecule has 1 saturated heterocycles. The first-order valence-corrected chi connectivity index (χ1v) is 8.22. The number of phenolic OH excluding ortho intramolecular Hbond substituents is 1. The van der Waals surface area contributed by atoms with Crippen molar-refractivity contribution < 1.29 is 9.84 Å². The molecule has 0 spiro atoms. The van der Waals surface area contributed by atoms with E-state index in [9.17, 15) is 5.11 Å². The van der Waals surface area contributed by atoms with Crippen LogP contribution in [0.2, 0.25) is 0 Å². The monoisotopic (exact) mass is 289 g/mol. The predicted molar refractivity (Wildman–Crippen MR) is 84.9 cm³/mol. The molecule has 3 heteroatoms. The van der Waals surface area contributed by atoms with Crippen LogP contribution in [-0.4, -0.2) is 30.2 Å². The van der Waals surface area contributed by atoms with Gasteiger partial charge in [-0.15, -0.1) is 0 Å². The molecule has 0 amide bonds. The molecule has 1 aromatic rings. The van der Waals surface area contributed by atoms with Gasteiger partial charge in [0.1, 0.15) is 0 Å². The third-order valence-electron chi connectivity index (χ3n) is 5.05. The second-order valence-corrected chi connectivity index (χ2v) is 7.06. The minimum atomic E-state index is 0.276. The number of piperidine rings is 1. The predicted octanol–water partition coefficient (Wildman–Crippen LogP) is 3.76. The summed E-state index contributed by atoms with van der Waals surface area (Å²) in [5.41, 5.74) is 2.68. The summed E-state index contributed by atoms with van der Waals surface area (Å²) in [5, 5.41) is 9.97. The second-order valence-electron chi connectivity index (χ2n) is 7.06. The first-order chi connectivity index (χ1) is 10.1. The maximum atomic E-state index is 9.97. The Bertz CT molecular complexity index is 512. The van der Waals surface area contributed by atoms with Gasteiger partial charge in [-0.1, -0.05) is 13.8 Å². The number of methoxy groups -OCH3 is 1. The van der Waals surface area contributed by atoms with Gasteiger partial charge in [0, 0.05) is 19.1 Å². The van der Waals surface area contributed by atoms with Gasteiger partial charge in [-0.3, -0.25) is 4.90 Å². The third-order valence-corrected chi connectivity index (χ3v) is 5.05. The maximum Gasteiger partial charge on any atom is 0.160 e. The summed E-state index contributed by atoms with van der Waals surface area (Å²) >= 11 is 0. The number of ether oxygens (including phenoxy) is 1. The number of aromatic hydroxyl groups is 1. The van der Waals surface area contributed by atoms with Crippen LogP contribution in [0.5, 0.6) is 11.5 Å². The first-order valence-electron chi connectivity index (χ1n) is 8.22. The Morgan fingerprint density at radius 3 is 2.86 bits per heavy atom. The summed E-state index contributed by atoms with van der Waals surface area (Å²) in [7, 11) is 1.63. The Hall–Kier alpha value is -1.22. The van der Waals surface area contributed by atoms with Crippen LogP contribution in [0.15, 0.2) is 12.1 Å². The molecule has 0 aliphatic carbocycles. The highest BCUT2D eigenvalue weighted by Gasteiger charge is 2.34. The lowest BCUT2D eigenvalue weighted by atomic mass is 9.81. The molecular formula is C18H27NO2. The summed E-state index contributed by atoms with van der Waals surface area (Å²) in [6.45, 7) is 7.00. The van der Waals surface area contributed by atoms with Gasteiger partial charge >= 0.3 is 0 Å². The van der Waals surface area contributed by atoms with Gasteiger partial charge in [-0.05, 0) is 60.8 Å². The first kappa shape index (κ1) is 14.7. The van der Waals surface area contributed by atoms with E-state index in [1.54, 1.807) is 7.11 Å². The average molecular weight is 289 g/mol. The Balaban J connectivity index is 1.81. The Kier molecular flexibility index (Phi) is 4.12. The van der Waals surface area contributed by atoms with E-state index in [1.807, 2.05) is 6.07 Å². The van der Waals surface area contributed by atoms with Gasteiger partial charge in [-0.2, -0.15) is 0 Å². The molecule has 3 nitrogen and oxygen atoms in total. The normalized spacial score (nSPS) is 25.5. The molecule has 1 fully saturated rings. The standard InChI is InChI=1S/C18H27NO2/c1-12(2)8-13-4-5-16-15-10-18(21-3)17(20)9-14(15)6-7-19(16)11-13/h9-10,12-13,16,20H,4-8,11H2,1-3H3/t13-,16+/m0/s1. The fourth-order valence-electron chi connectivity index (χ4n) is 4.17. The SMILES string of the molecule is COc1cc2c(cc1O)CCN1C[C@H](CC(C)C)CC[C@H]21. The molecule has 0 aromatic heterocycles. The highest BCUT2D eigenvalue weighted by molar-refractivity contribution is 5.48. The van der Waals surface area contributed by atoms with Crippen LogP contribution < -0.4 is 4.74 Å². The summed E-state index contributed by atoms with van der Waals surface area (Å²) in [5.74, 6) is 2.53.